The molecule has 23 heavy (non-hydrogen) atoms. The highest BCUT2D eigenvalue weighted by atomic mass is 16.2. The van der Waals surface area contributed by atoms with Gasteiger partial charge < -0.3 is 10.6 Å². The summed E-state index contributed by atoms with van der Waals surface area (Å²) >= 11 is 0. The maximum atomic E-state index is 11.7. The highest BCUT2D eigenvalue weighted by Gasteiger charge is 2.23. The van der Waals surface area contributed by atoms with E-state index in [1.807, 2.05) is 18.2 Å². The van der Waals surface area contributed by atoms with Crippen LogP contribution in [0.2, 0.25) is 0 Å². The van der Waals surface area contributed by atoms with Crippen LogP contribution in [-0.2, 0) is 0 Å². The fraction of sp³-hybridized carbons (Fsp3) is 0.333. The van der Waals surface area contributed by atoms with Crippen molar-refractivity contribution in [1.82, 2.24) is 10.3 Å². The molecule has 1 aliphatic rings. The van der Waals surface area contributed by atoms with E-state index in [0.29, 0.717) is 17.8 Å². The molecule has 1 aromatic carbocycles. The van der Waals surface area contributed by atoms with E-state index >= 15 is 0 Å². The maximum absolute atomic E-state index is 11.7. The summed E-state index contributed by atoms with van der Waals surface area (Å²) in [6.45, 7) is 4.34. The number of aromatic nitrogens is 1. The molecule has 2 aromatic rings. The van der Waals surface area contributed by atoms with Crippen LogP contribution in [0.25, 0.3) is 0 Å². The Balaban J connectivity index is 1.64. The molecule has 3 N–H and O–H groups in total. The summed E-state index contributed by atoms with van der Waals surface area (Å²) in [5.74, 6) is 0.990. The minimum Gasteiger partial charge on any atom is -0.354 e. The van der Waals surface area contributed by atoms with Crippen molar-refractivity contribution in [1.29, 1.82) is 0 Å². The average molecular weight is 310 g/mol. The summed E-state index contributed by atoms with van der Waals surface area (Å²) in [5.41, 5.74) is 3.24. The van der Waals surface area contributed by atoms with Gasteiger partial charge in [0.2, 0.25) is 0 Å². The zero-order valence-corrected chi connectivity index (χ0v) is 13.5. The molecule has 3 rings (SSSR count). The maximum Gasteiger partial charge on any atom is 0.320 e. The van der Waals surface area contributed by atoms with Gasteiger partial charge in [0.1, 0.15) is 5.82 Å². The molecule has 0 atom stereocenters. The fourth-order valence-electron chi connectivity index (χ4n) is 2.38. The van der Waals surface area contributed by atoms with Crippen LogP contribution in [-0.4, -0.2) is 17.1 Å². The van der Waals surface area contributed by atoms with Gasteiger partial charge >= 0.3 is 6.03 Å². The third-order valence-corrected chi connectivity index (χ3v) is 3.78. The quantitative estimate of drug-likeness (QED) is 0.774. The molecule has 1 heterocycles. The van der Waals surface area contributed by atoms with E-state index in [4.69, 9.17) is 0 Å². The lowest BCUT2D eigenvalue weighted by Crippen LogP contribution is -2.30. The third kappa shape index (κ3) is 4.22. The van der Waals surface area contributed by atoms with Crippen molar-refractivity contribution >= 4 is 23.2 Å². The third-order valence-electron chi connectivity index (χ3n) is 3.78. The number of nitrogens with zero attached hydrogens (tertiary/aromatic N) is 1. The van der Waals surface area contributed by atoms with E-state index in [2.05, 4.69) is 46.9 Å². The van der Waals surface area contributed by atoms with Gasteiger partial charge in [0.25, 0.3) is 0 Å². The van der Waals surface area contributed by atoms with Gasteiger partial charge in [0.15, 0.2) is 0 Å². The Morgan fingerprint density at radius 2 is 1.96 bits per heavy atom. The van der Waals surface area contributed by atoms with Crippen LogP contribution in [0.15, 0.2) is 42.6 Å². The molecule has 0 saturated heterocycles. The molecule has 0 spiro atoms. The predicted molar refractivity (Wildman–Crippen MR) is 93.2 cm³/mol. The summed E-state index contributed by atoms with van der Waals surface area (Å²) in [7, 11) is 0. The smallest absolute Gasteiger partial charge is 0.320 e. The SMILES string of the molecule is CC(C)c1ccccc1Nc1ccc(NC(=O)NC2CC2)nc1. The van der Waals surface area contributed by atoms with Gasteiger partial charge in [-0.3, -0.25) is 5.32 Å². The molecule has 1 aromatic heterocycles. The van der Waals surface area contributed by atoms with E-state index in [1.165, 1.54) is 5.56 Å². The lowest BCUT2D eigenvalue weighted by molar-refractivity contribution is 0.251. The van der Waals surface area contributed by atoms with E-state index in [0.717, 1.165) is 24.2 Å². The van der Waals surface area contributed by atoms with Crippen LogP contribution < -0.4 is 16.0 Å². The predicted octanol–water partition coefficient (Wildman–Crippen LogP) is 4.23. The number of benzene rings is 1. The second kappa shape index (κ2) is 6.69. The summed E-state index contributed by atoms with van der Waals surface area (Å²) < 4.78 is 0. The first-order valence-electron chi connectivity index (χ1n) is 8.01. The Bertz CT molecular complexity index is 678. The standard InChI is InChI=1S/C18H22N4O/c1-12(2)15-5-3-4-6-16(15)20-14-9-10-17(19-11-14)22-18(23)21-13-7-8-13/h3-6,9-13,20H,7-8H2,1-2H3,(H2,19,21,22,23). The zero-order chi connectivity index (χ0) is 16.2. The van der Waals surface area contributed by atoms with Gasteiger partial charge in [0, 0.05) is 11.7 Å². The van der Waals surface area contributed by atoms with Crippen molar-refractivity contribution in [3.63, 3.8) is 0 Å². The highest BCUT2D eigenvalue weighted by Crippen LogP contribution is 2.26. The minimum atomic E-state index is -0.189. The number of nitrogens with one attached hydrogen (secondary N) is 3. The number of hydrogen-bond acceptors (Lipinski definition) is 3. The first-order valence-corrected chi connectivity index (χ1v) is 8.01. The Labute approximate surface area is 136 Å². The largest absolute Gasteiger partial charge is 0.354 e. The Kier molecular flexibility index (Phi) is 4.46. The number of anilines is 3. The Hall–Kier alpha value is -2.56. The topological polar surface area (TPSA) is 66.0 Å². The van der Waals surface area contributed by atoms with E-state index in [1.54, 1.807) is 12.3 Å². The summed E-state index contributed by atoms with van der Waals surface area (Å²) in [6, 6.07) is 12.1. The van der Waals surface area contributed by atoms with E-state index < -0.39 is 0 Å². The van der Waals surface area contributed by atoms with Crippen molar-refractivity contribution < 1.29 is 4.79 Å². The minimum absolute atomic E-state index is 0.189. The molecular formula is C18H22N4O. The lowest BCUT2D eigenvalue weighted by atomic mass is 10.0. The van der Waals surface area contributed by atoms with Crippen LogP contribution in [0, 0.1) is 0 Å². The van der Waals surface area contributed by atoms with E-state index in [-0.39, 0.29) is 6.03 Å². The van der Waals surface area contributed by atoms with Crippen molar-refractivity contribution in [3.05, 3.63) is 48.2 Å². The monoisotopic (exact) mass is 310 g/mol. The first-order chi connectivity index (χ1) is 11.1. The zero-order valence-electron chi connectivity index (χ0n) is 13.5. The summed E-state index contributed by atoms with van der Waals surface area (Å²) in [4.78, 5) is 16.0. The van der Waals surface area contributed by atoms with Gasteiger partial charge in [-0.05, 0) is 42.5 Å². The van der Waals surface area contributed by atoms with Crippen molar-refractivity contribution in [2.75, 3.05) is 10.6 Å². The Morgan fingerprint density at radius 3 is 2.61 bits per heavy atom. The van der Waals surface area contributed by atoms with Gasteiger partial charge in [-0.2, -0.15) is 0 Å². The molecular weight excluding hydrogens is 288 g/mol. The molecule has 0 aliphatic heterocycles. The molecule has 5 heteroatoms. The van der Waals surface area contributed by atoms with E-state index in [9.17, 15) is 4.79 Å². The number of pyridine rings is 1. The second-order valence-electron chi connectivity index (χ2n) is 6.17. The summed E-state index contributed by atoms with van der Waals surface area (Å²) in [6.07, 6.45) is 3.86. The van der Waals surface area contributed by atoms with Crippen molar-refractivity contribution in [2.24, 2.45) is 0 Å². The Morgan fingerprint density at radius 1 is 1.17 bits per heavy atom. The molecule has 5 nitrogen and oxygen atoms in total. The van der Waals surface area contributed by atoms with Gasteiger partial charge in [0.05, 0.1) is 11.9 Å². The van der Waals surface area contributed by atoms with Crippen LogP contribution >= 0.6 is 0 Å². The van der Waals surface area contributed by atoms with Crippen LogP contribution in [0.3, 0.4) is 0 Å². The van der Waals surface area contributed by atoms with Crippen molar-refractivity contribution in [2.45, 2.75) is 38.6 Å². The molecule has 1 fully saturated rings. The first kappa shape index (κ1) is 15.3. The molecule has 0 bridgehead atoms. The number of para-hydroxylation sites is 1. The highest BCUT2D eigenvalue weighted by molar-refractivity contribution is 5.88. The van der Waals surface area contributed by atoms with Gasteiger partial charge in [-0.1, -0.05) is 32.0 Å². The van der Waals surface area contributed by atoms with Crippen LogP contribution in [0.4, 0.5) is 22.0 Å². The normalized spacial score (nSPS) is 13.7. The van der Waals surface area contributed by atoms with Gasteiger partial charge in [-0.15, -0.1) is 0 Å². The molecule has 2 amide bonds. The van der Waals surface area contributed by atoms with Crippen LogP contribution in [0.1, 0.15) is 38.2 Å². The number of rotatable bonds is 5. The number of hydrogen-bond donors (Lipinski definition) is 3. The van der Waals surface area contributed by atoms with Gasteiger partial charge in [-0.25, -0.2) is 9.78 Å². The molecule has 120 valence electrons. The van der Waals surface area contributed by atoms with Crippen LogP contribution in [0.5, 0.6) is 0 Å². The lowest BCUT2D eigenvalue weighted by Gasteiger charge is -2.14. The number of carbonyl (C=O) groups excluding carboxylic acids is 1. The summed E-state index contributed by atoms with van der Waals surface area (Å²) in [5, 5.41) is 9.00. The average Bonchev–Trinajstić information content (AvgIpc) is 3.33. The fourth-order valence-corrected chi connectivity index (χ4v) is 2.38. The second-order valence-corrected chi connectivity index (χ2v) is 6.17. The molecule has 1 aliphatic carbocycles. The molecule has 1 saturated carbocycles. The number of carbonyl (C=O) groups is 1. The number of amides is 2. The van der Waals surface area contributed by atoms with Crippen molar-refractivity contribution in [3.8, 4) is 0 Å². The number of urea groups is 1. The molecule has 0 unspecified atom stereocenters. The molecule has 0 radical (unpaired) electrons.